The first-order valence-electron chi connectivity index (χ1n) is 8.27. The summed E-state index contributed by atoms with van der Waals surface area (Å²) >= 11 is 5.28. The van der Waals surface area contributed by atoms with Crippen molar-refractivity contribution < 1.29 is 19.1 Å². The molecule has 1 aromatic carbocycles. The predicted octanol–water partition coefficient (Wildman–Crippen LogP) is 0.694. The Balaban J connectivity index is 1.78. The van der Waals surface area contributed by atoms with Gasteiger partial charge in [0.25, 0.3) is 0 Å². The molecule has 25 heavy (non-hydrogen) atoms. The number of nitrogens with zero attached hydrogens (tertiary/aromatic N) is 1. The van der Waals surface area contributed by atoms with Crippen LogP contribution in [0.15, 0.2) is 30.3 Å². The highest BCUT2D eigenvalue weighted by molar-refractivity contribution is 7.80. The molecule has 7 nitrogen and oxygen atoms in total. The van der Waals surface area contributed by atoms with E-state index in [1.807, 2.05) is 37.3 Å². The van der Waals surface area contributed by atoms with E-state index in [1.54, 1.807) is 4.90 Å². The Kier molecular flexibility index (Phi) is 7.46. The number of piperazine rings is 1. The van der Waals surface area contributed by atoms with E-state index >= 15 is 0 Å². The molecule has 0 spiro atoms. The fourth-order valence-electron chi connectivity index (χ4n) is 2.46. The fraction of sp³-hybridized carbons (Fsp3) is 0.471. The average molecular weight is 365 g/mol. The minimum absolute atomic E-state index is 0.0529. The van der Waals surface area contributed by atoms with E-state index < -0.39 is 12.0 Å². The van der Waals surface area contributed by atoms with Crippen molar-refractivity contribution in [1.82, 2.24) is 15.5 Å². The molecule has 1 saturated heterocycles. The summed E-state index contributed by atoms with van der Waals surface area (Å²) in [5.41, 5.74) is 0. The molecule has 1 aliphatic heterocycles. The maximum absolute atomic E-state index is 12.1. The van der Waals surface area contributed by atoms with Gasteiger partial charge in [0, 0.05) is 19.6 Å². The summed E-state index contributed by atoms with van der Waals surface area (Å²) in [6.07, 6.45) is -0.0529. The number of carbonyl (C=O) groups excluding carboxylic acids is 2. The van der Waals surface area contributed by atoms with Crippen molar-refractivity contribution in [2.75, 3.05) is 32.8 Å². The minimum Gasteiger partial charge on any atom is -0.490 e. The molecule has 0 aromatic heterocycles. The number of thiocarbonyl (C=S) groups is 1. The first-order valence-corrected chi connectivity index (χ1v) is 8.68. The van der Waals surface area contributed by atoms with Crippen molar-refractivity contribution in [2.24, 2.45) is 0 Å². The SMILES string of the molecule is CCNC(=S)N1CCNC(=O)C1CC(=O)OCCOc1ccccc1. The number of benzene rings is 1. The summed E-state index contributed by atoms with van der Waals surface area (Å²) in [5, 5.41) is 6.24. The molecule has 0 aliphatic carbocycles. The van der Waals surface area contributed by atoms with E-state index in [0.29, 0.717) is 30.5 Å². The average Bonchev–Trinajstić information content (AvgIpc) is 2.61. The second kappa shape index (κ2) is 9.83. The monoisotopic (exact) mass is 365 g/mol. The molecule has 0 radical (unpaired) electrons. The van der Waals surface area contributed by atoms with Gasteiger partial charge in [0.15, 0.2) is 5.11 Å². The normalized spacial score (nSPS) is 16.8. The molecule has 1 amide bonds. The predicted molar refractivity (Wildman–Crippen MR) is 97.3 cm³/mol. The first kappa shape index (κ1) is 19.0. The highest BCUT2D eigenvalue weighted by Gasteiger charge is 2.33. The van der Waals surface area contributed by atoms with E-state index in [-0.39, 0.29) is 25.5 Å². The topological polar surface area (TPSA) is 79.9 Å². The summed E-state index contributed by atoms with van der Waals surface area (Å²) in [6.45, 7) is 4.02. The second-order valence-electron chi connectivity index (χ2n) is 5.42. The third-order valence-corrected chi connectivity index (χ3v) is 4.02. The van der Waals surface area contributed by atoms with Crippen LogP contribution in [0.2, 0.25) is 0 Å². The molecule has 136 valence electrons. The highest BCUT2D eigenvalue weighted by atomic mass is 32.1. The Morgan fingerprint density at radius 1 is 1.36 bits per heavy atom. The molecular formula is C17H23N3O4S. The lowest BCUT2D eigenvalue weighted by atomic mass is 10.1. The summed E-state index contributed by atoms with van der Waals surface area (Å²) in [7, 11) is 0. The number of esters is 1. The van der Waals surface area contributed by atoms with Crippen molar-refractivity contribution in [3.8, 4) is 5.75 Å². The Morgan fingerprint density at radius 3 is 2.84 bits per heavy atom. The van der Waals surface area contributed by atoms with Gasteiger partial charge in [-0.1, -0.05) is 18.2 Å². The van der Waals surface area contributed by atoms with Crippen LogP contribution in [0.5, 0.6) is 5.75 Å². The Morgan fingerprint density at radius 2 is 2.12 bits per heavy atom. The standard InChI is InChI=1S/C17H23N3O4S/c1-2-18-17(25)20-9-8-19-16(22)14(20)12-15(21)24-11-10-23-13-6-4-3-5-7-13/h3-7,14H,2,8-12H2,1H3,(H,18,25)(H,19,22). The quantitative estimate of drug-likeness (QED) is 0.418. The summed E-state index contributed by atoms with van der Waals surface area (Å²) < 4.78 is 10.6. The second-order valence-corrected chi connectivity index (χ2v) is 5.81. The van der Waals surface area contributed by atoms with Gasteiger partial charge in [0.05, 0.1) is 6.42 Å². The smallest absolute Gasteiger partial charge is 0.308 e. The molecule has 1 heterocycles. The van der Waals surface area contributed by atoms with E-state index in [0.717, 1.165) is 0 Å². The summed E-state index contributed by atoms with van der Waals surface area (Å²) in [4.78, 5) is 25.9. The molecular weight excluding hydrogens is 342 g/mol. The number of rotatable bonds is 7. The highest BCUT2D eigenvalue weighted by Crippen LogP contribution is 2.11. The van der Waals surface area contributed by atoms with Crippen molar-refractivity contribution in [3.63, 3.8) is 0 Å². The van der Waals surface area contributed by atoms with Gasteiger partial charge in [-0.15, -0.1) is 0 Å². The van der Waals surface area contributed by atoms with Gasteiger partial charge in [-0.2, -0.15) is 0 Å². The van der Waals surface area contributed by atoms with Crippen LogP contribution in [0.4, 0.5) is 0 Å². The van der Waals surface area contributed by atoms with Crippen LogP contribution >= 0.6 is 12.2 Å². The number of hydrogen-bond acceptors (Lipinski definition) is 5. The molecule has 0 saturated carbocycles. The molecule has 1 unspecified atom stereocenters. The zero-order chi connectivity index (χ0) is 18.1. The zero-order valence-electron chi connectivity index (χ0n) is 14.2. The number of hydrogen-bond donors (Lipinski definition) is 2. The van der Waals surface area contributed by atoms with Gasteiger partial charge in [-0.3, -0.25) is 9.59 Å². The third kappa shape index (κ3) is 5.90. The van der Waals surface area contributed by atoms with Crippen LogP contribution in [0, 0.1) is 0 Å². The van der Waals surface area contributed by atoms with Crippen molar-refractivity contribution in [2.45, 2.75) is 19.4 Å². The maximum Gasteiger partial charge on any atom is 0.308 e. The van der Waals surface area contributed by atoms with Crippen molar-refractivity contribution >= 4 is 29.2 Å². The number of amides is 1. The van der Waals surface area contributed by atoms with E-state index in [1.165, 1.54) is 0 Å². The van der Waals surface area contributed by atoms with Gasteiger partial charge in [0.1, 0.15) is 25.0 Å². The Hall–Kier alpha value is -2.35. The Bertz CT molecular complexity index is 597. The Labute approximate surface area is 152 Å². The van der Waals surface area contributed by atoms with Crippen molar-refractivity contribution in [3.05, 3.63) is 30.3 Å². The lowest BCUT2D eigenvalue weighted by Gasteiger charge is -2.36. The van der Waals surface area contributed by atoms with Crippen LogP contribution in [0.3, 0.4) is 0 Å². The van der Waals surface area contributed by atoms with E-state index in [9.17, 15) is 9.59 Å². The lowest BCUT2D eigenvalue weighted by molar-refractivity contribution is -0.148. The zero-order valence-corrected chi connectivity index (χ0v) is 15.0. The fourth-order valence-corrected chi connectivity index (χ4v) is 2.82. The molecule has 1 aromatic rings. The van der Waals surface area contributed by atoms with Gasteiger partial charge in [0.2, 0.25) is 5.91 Å². The number of carbonyl (C=O) groups is 2. The third-order valence-electron chi connectivity index (χ3n) is 3.64. The maximum atomic E-state index is 12.1. The first-order chi connectivity index (χ1) is 12.1. The largest absolute Gasteiger partial charge is 0.490 e. The number of nitrogens with one attached hydrogen (secondary N) is 2. The van der Waals surface area contributed by atoms with Crippen LogP contribution in [0.25, 0.3) is 0 Å². The van der Waals surface area contributed by atoms with E-state index in [2.05, 4.69) is 10.6 Å². The molecule has 1 fully saturated rings. The van der Waals surface area contributed by atoms with Gasteiger partial charge >= 0.3 is 5.97 Å². The molecule has 1 atom stereocenters. The van der Waals surface area contributed by atoms with Crippen LogP contribution in [-0.4, -0.2) is 60.8 Å². The molecule has 1 aliphatic rings. The molecule has 8 heteroatoms. The molecule has 0 bridgehead atoms. The van der Waals surface area contributed by atoms with Gasteiger partial charge in [-0.25, -0.2) is 0 Å². The minimum atomic E-state index is -0.650. The summed E-state index contributed by atoms with van der Waals surface area (Å²) in [6, 6.07) is 8.63. The number of para-hydroxylation sites is 1. The van der Waals surface area contributed by atoms with Crippen molar-refractivity contribution in [1.29, 1.82) is 0 Å². The molecule has 2 N–H and O–H groups in total. The van der Waals surface area contributed by atoms with Crippen LogP contribution in [0.1, 0.15) is 13.3 Å². The lowest BCUT2D eigenvalue weighted by Crippen LogP contribution is -2.59. The number of ether oxygens (including phenoxy) is 2. The summed E-state index contributed by atoms with van der Waals surface area (Å²) in [5.74, 6) is 0.0411. The van der Waals surface area contributed by atoms with Gasteiger partial charge in [-0.05, 0) is 31.3 Å². The van der Waals surface area contributed by atoms with Crippen LogP contribution in [-0.2, 0) is 14.3 Å². The van der Waals surface area contributed by atoms with Crippen LogP contribution < -0.4 is 15.4 Å². The molecule has 2 rings (SSSR count). The van der Waals surface area contributed by atoms with E-state index in [4.69, 9.17) is 21.7 Å². The van der Waals surface area contributed by atoms with Gasteiger partial charge < -0.3 is 25.0 Å².